The summed E-state index contributed by atoms with van der Waals surface area (Å²) < 4.78 is 7.77. The van der Waals surface area contributed by atoms with Gasteiger partial charge in [0.15, 0.2) is 5.76 Å². The summed E-state index contributed by atoms with van der Waals surface area (Å²) in [7, 11) is 0. The van der Waals surface area contributed by atoms with E-state index in [0.29, 0.717) is 31.8 Å². The molecule has 0 spiro atoms. The van der Waals surface area contributed by atoms with Crippen LogP contribution in [-0.4, -0.2) is 34.4 Å². The largest absolute Gasteiger partial charge is 0.454 e. The van der Waals surface area contributed by atoms with Crippen LogP contribution < -0.4 is 5.32 Å². The molecule has 6 heteroatoms. The Bertz CT molecular complexity index is 733. The molecule has 0 bridgehead atoms. The van der Waals surface area contributed by atoms with Crippen LogP contribution in [0.3, 0.4) is 0 Å². The van der Waals surface area contributed by atoms with Gasteiger partial charge in [-0.25, -0.2) is 0 Å². The molecule has 2 aromatic rings. The first-order chi connectivity index (χ1) is 13.1. The molecule has 0 aliphatic rings. The van der Waals surface area contributed by atoms with Crippen LogP contribution in [0, 0.1) is 0 Å². The first-order valence-electron chi connectivity index (χ1n) is 9.87. The second kappa shape index (κ2) is 10.6. The third-order valence-corrected chi connectivity index (χ3v) is 4.45. The van der Waals surface area contributed by atoms with Crippen LogP contribution in [-0.2, 0) is 17.9 Å². The molecule has 2 rings (SSSR count). The molecule has 0 radical (unpaired) electrons. The van der Waals surface area contributed by atoms with Crippen molar-refractivity contribution in [2.75, 3.05) is 13.1 Å². The van der Waals surface area contributed by atoms with Gasteiger partial charge in [0.05, 0.1) is 13.1 Å². The molecule has 0 aliphatic heterocycles. The zero-order valence-corrected chi connectivity index (χ0v) is 16.7. The number of aromatic nitrogens is 1. The number of carbonyl (C=O) groups is 2. The van der Waals surface area contributed by atoms with Gasteiger partial charge in [-0.3, -0.25) is 9.59 Å². The average Bonchev–Trinajstić information content (AvgIpc) is 3.31. The second-order valence-electron chi connectivity index (χ2n) is 6.67. The predicted molar refractivity (Wildman–Crippen MR) is 105 cm³/mol. The molecular weight excluding hydrogens is 342 g/mol. The van der Waals surface area contributed by atoms with E-state index < -0.39 is 0 Å². The van der Waals surface area contributed by atoms with Gasteiger partial charge in [-0.05, 0) is 37.1 Å². The maximum Gasteiger partial charge on any atom is 0.286 e. The molecule has 0 saturated carbocycles. The van der Waals surface area contributed by atoms with E-state index in [-0.39, 0.29) is 11.8 Å². The standard InChI is InChI=1S/C21H31N3O3/c1-4-7-12-22-21(26)19-11-10-18(27-19)16-23-14-8-9-17(23)15-24(13-5-2)20(25)6-3/h8-11,14H,4-7,12-13,15-16H2,1-3H3,(H,22,26). The van der Waals surface area contributed by atoms with Gasteiger partial charge in [0.25, 0.3) is 5.91 Å². The summed E-state index contributed by atoms with van der Waals surface area (Å²) in [6, 6.07) is 7.54. The number of unbranched alkanes of at least 4 members (excludes halogenated alkanes) is 1. The molecule has 0 aromatic carbocycles. The minimum Gasteiger partial charge on any atom is -0.454 e. The Hall–Kier alpha value is -2.50. The number of nitrogens with zero attached hydrogens (tertiary/aromatic N) is 2. The summed E-state index contributed by atoms with van der Waals surface area (Å²) in [6.45, 7) is 8.57. The molecule has 2 aromatic heterocycles. The van der Waals surface area contributed by atoms with Crippen LogP contribution in [0.1, 0.15) is 68.5 Å². The van der Waals surface area contributed by atoms with Gasteiger partial charge in [-0.2, -0.15) is 0 Å². The molecule has 0 aliphatic carbocycles. The molecule has 6 nitrogen and oxygen atoms in total. The summed E-state index contributed by atoms with van der Waals surface area (Å²) >= 11 is 0. The lowest BCUT2D eigenvalue weighted by molar-refractivity contribution is -0.131. The molecular formula is C21H31N3O3. The number of rotatable bonds is 11. The Morgan fingerprint density at radius 1 is 1.15 bits per heavy atom. The fourth-order valence-electron chi connectivity index (χ4n) is 2.95. The third kappa shape index (κ3) is 6.01. The molecule has 0 saturated heterocycles. The Balaban J connectivity index is 2.02. The number of furan rings is 1. The lowest BCUT2D eigenvalue weighted by Gasteiger charge is -2.22. The molecule has 0 fully saturated rings. The highest BCUT2D eigenvalue weighted by atomic mass is 16.4. The van der Waals surface area contributed by atoms with Crippen LogP contribution in [0.2, 0.25) is 0 Å². The van der Waals surface area contributed by atoms with E-state index >= 15 is 0 Å². The van der Waals surface area contributed by atoms with Crippen molar-refractivity contribution in [2.45, 2.75) is 59.5 Å². The van der Waals surface area contributed by atoms with Gasteiger partial charge < -0.3 is 19.2 Å². The summed E-state index contributed by atoms with van der Waals surface area (Å²) in [5, 5.41) is 2.86. The first-order valence-corrected chi connectivity index (χ1v) is 9.87. The summed E-state index contributed by atoms with van der Waals surface area (Å²) in [6.07, 6.45) is 5.41. The second-order valence-corrected chi connectivity index (χ2v) is 6.67. The van der Waals surface area contributed by atoms with Gasteiger partial charge in [0.2, 0.25) is 5.91 Å². The molecule has 148 valence electrons. The van der Waals surface area contributed by atoms with Crippen molar-refractivity contribution in [1.82, 2.24) is 14.8 Å². The minimum absolute atomic E-state index is 0.161. The topological polar surface area (TPSA) is 67.5 Å². The number of carbonyl (C=O) groups excluding carboxylic acids is 2. The zero-order chi connectivity index (χ0) is 19.6. The van der Waals surface area contributed by atoms with Crippen molar-refractivity contribution in [3.8, 4) is 0 Å². The fourth-order valence-corrected chi connectivity index (χ4v) is 2.95. The maximum absolute atomic E-state index is 12.1. The Kier molecular flexibility index (Phi) is 8.17. The van der Waals surface area contributed by atoms with Crippen molar-refractivity contribution < 1.29 is 14.0 Å². The number of hydrogen-bond donors (Lipinski definition) is 1. The van der Waals surface area contributed by atoms with Crippen molar-refractivity contribution >= 4 is 11.8 Å². The number of amides is 2. The van der Waals surface area contributed by atoms with Crippen molar-refractivity contribution in [3.63, 3.8) is 0 Å². The van der Waals surface area contributed by atoms with Gasteiger partial charge in [0.1, 0.15) is 5.76 Å². The van der Waals surface area contributed by atoms with E-state index in [1.807, 2.05) is 36.2 Å². The summed E-state index contributed by atoms with van der Waals surface area (Å²) in [5.41, 5.74) is 1.05. The molecule has 2 heterocycles. The van der Waals surface area contributed by atoms with Gasteiger partial charge in [-0.1, -0.05) is 27.2 Å². The Morgan fingerprint density at radius 2 is 1.96 bits per heavy atom. The SMILES string of the molecule is CCCCNC(=O)c1ccc(Cn2cccc2CN(CCC)C(=O)CC)o1. The van der Waals surface area contributed by atoms with Crippen LogP contribution in [0.4, 0.5) is 0 Å². The van der Waals surface area contributed by atoms with E-state index in [2.05, 4.69) is 23.7 Å². The van der Waals surface area contributed by atoms with Crippen molar-refractivity contribution in [2.24, 2.45) is 0 Å². The number of nitrogens with one attached hydrogen (secondary N) is 1. The zero-order valence-electron chi connectivity index (χ0n) is 16.7. The maximum atomic E-state index is 12.1. The van der Waals surface area contributed by atoms with Crippen LogP contribution in [0.25, 0.3) is 0 Å². The average molecular weight is 373 g/mol. The van der Waals surface area contributed by atoms with Crippen LogP contribution >= 0.6 is 0 Å². The first kappa shape index (κ1) is 20.8. The summed E-state index contributed by atoms with van der Waals surface area (Å²) in [5.74, 6) is 1.04. The lowest BCUT2D eigenvalue weighted by Crippen LogP contribution is -2.31. The van der Waals surface area contributed by atoms with E-state index in [0.717, 1.165) is 37.3 Å². The van der Waals surface area contributed by atoms with Gasteiger partial charge in [0, 0.05) is 31.4 Å². The fraction of sp³-hybridized carbons (Fsp3) is 0.524. The van der Waals surface area contributed by atoms with Gasteiger partial charge in [-0.15, -0.1) is 0 Å². The van der Waals surface area contributed by atoms with Crippen molar-refractivity contribution in [3.05, 3.63) is 47.7 Å². The molecule has 1 N–H and O–H groups in total. The molecule has 2 amide bonds. The lowest BCUT2D eigenvalue weighted by atomic mass is 10.3. The van der Waals surface area contributed by atoms with Crippen molar-refractivity contribution in [1.29, 1.82) is 0 Å². The van der Waals surface area contributed by atoms with E-state index in [9.17, 15) is 9.59 Å². The summed E-state index contributed by atoms with van der Waals surface area (Å²) in [4.78, 5) is 26.1. The highest BCUT2D eigenvalue weighted by molar-refractivity contribution is 5.91. The monoisotopic (exact) mass is 373 g/mol. The van der Waals surface area contributed by atoms with Gasteiger partial charge >= 0.3 is 0 Å². The predicted octanol–water partition coefficient (Wildman–Crippen LogP) is 3.81. The minimum atomic E-state index is -0.176. The van der Waals surface area contributed by atoms with E-state index in [1.54, 1.807) is 6.07 Å². The normalized spacial score (nSPS) is 10.8. The molecule has 0 unspecified atom stereocenters. The van der Waals surface area contributed by atoms with E-state index in [1.165, 1.54) is 0 Å². The number of hydrogen-bond acceptors (Lipinski definition) is 3. The van der Waals surface area contributed by atoms with Crippen LogP contribution in [0.5, 0.6) is 0 Å². The molecule has 0 atom stereocenters. The third-order valence-electron chi connectivity index (χ3n) is 4.45. The highest BCUT2D eigenvalue weighted by Crippen LogP contribution is 2.14. The quantitative estimate of drug-likeness (QED) is 0.609. The molecule has 27 heavy (non-hydrogen) atoms. The van der Waals surface area contributed by atoms with Crippen LogP contribution in [0.15, 0.2) is 34.9 Å². The highest BCUT2D eigenvalue weighted by Gasteiger charge is 2.15. The van der Waals surface area contributed by atoms with E-state index in [4.69, 9.17) is 4.42 Å². The Labute approximate surface area is 161 Å². The Morgan fingerprint density at radius 3 is 2.67 bits per heavy atom. The smallest absolute Gasteiger partial charge is 0.286 e.